The fourth-order valence-corrected chi connectivity index (χ4v) is 3.23. The molecule has 4 aromatic carbocycles. The highest BCUT2D eigenvalue weighted by Crippen LogP contribution is 2.21. The van der Waals surface area contributed by atoms with Crippen molar-refractivity contribution in [2.24, 2.45) is 0 Å². The number of nitro benzene ring substituents is 1. The number of fused-ring (bicyclic) bond motifs is 1. The Balaban J connectivity index is 1.46. The lowest BCUT2D eigenvalue weighted by Crippen LogP contribution is -2.14. The standard InChI is InChI=1S/C24H17N3O4/c28-23(26-19-7-4-8-20(15-19)27(30)31)17-11-13-18(14-12-17)25-24(29)22-10-3-6-16-5-1-2-9-21(16)22/h1-15H,(H,25,29)(H,26,28). The lowest BCUT2D eigenvalue weighted by molar-refractivity contribution is -0.384. The minimum absolute atomic E-state index is 0.107. The van der Waals surface area contributed by atoms with Gasteiger partial charge in [-0.2, -0.15) is 0 Å². The molecule has 0 radical (unpaired) electrons. The van der Waals surface area contributed by atoms with E-state index >= 15 is 0 Å². The molecule has 0 saturated heterocycles. The molecule has 0 spiro atoms. The minimum Gasteiger partial charge on any atom is -0.322 e. The van der Waals surface area contributed by atoms with Crippen molar-refractivity contribution in [1.29, 1.82) is 0 Å². The van der Waals surface area contributed by atoms with Gasteiger partial charge >= 0.3 is 0 Å². The average Bonchev–Trinajstić information content (AvgIpc) is 2.79. The van der Waals surface area contributed by atoms with Gasteiger partial charge in [-0.1, -0.05) is 42.5 Å². The smallest absolute Gasteiger partial charge is 0.271 e. The molecule has 4 aromatic rings. The van der Waals surface area contributed by atoms with Gasteiger partial charge < -0.3 is 10.6 Å². The molecule has 0 saturated carbocycles. The Hall–Kier alpha value is -4.52. The van der Waals surface area contributed by atoms with Crippen LogP contribution in [0.5, 0.6) is 0 Å². The van der Waals surface area contributed by atoms with E-state index in [0.717, 1.165) is 10.8 Å². The van der Waals surface area contributed by atoms with Crippen LogP contribution in [0.15, 0.2) is 91.0 Å². The molecule has 7 heteroatoms. The van der Waals surface area contributed by atoms with E-state index in [2.05, 4.69) is 10.6 Å². The Morgan fingerprint density at radius 2 is 1.39 bits per heavy atom. The van der Waals surface area contributed by atoms with Crippen molar-refractivity contribution in [1.82, 2.24) is 0 Å². The first-order valence-corrected chi connectivity index (χ1v) is 9.46. The molecule has 7 nitrogen and oxygen atoms in total. The molecule has 152 valence electrons. The van der Waals surface area contributed by atoms with Gasteiger partial charge in [0.2, 0.25) is 0 Å². The second-order valence-corrected chi connectivity index (χ2v) is 6.82. The quantitative estimate of drug-likeness (QED) is 0.346. The largest absolute Gasteiger partial charge is 0.322 e. The van der Waals surface area contributed by atoms with Crippen LogP contribution >= 0.6 is 0 Å². The summed E-state index contributed by atoms with van der Waals surface area (Å²) in [6.45, 7) is 0. The van der Waals surface area contributed by atoms with Crippen LogP contribution in [0.3, 0.4) is 0 Å². The average molecular weight is 411 g/mol. The Labute approximate surface area is 177 Å². The Morgan fingerprint density at radius 1 is 0.710 bits per heavy atom. The summed E-state index contributed by atoms with van der Waals surface area (Å²) in [6.07, 6.45) is 0. The van der Waals surface area contributed by atoms with Crippen LogP contribution in [-0.4, -0.2) is 16.7 Å². The van der Waals surface area contributed by atoms with Crippen LogP contribution in [0.1, 0.15) is 20.7 Å². The van der Waals surface area contributed by atoms with E-state index in [0.29, 0.717) is 22.5 Å². The van der Waals surface area contributed by atoms with Gasteiger partial charge in [-0.3, -0.25) is 19.7 Å². The second kappa shape index (κ2) is 8.46. The van der Waals surface area contributed by atoms with Gasteiger partial charge in [-0.15, -0.1) is 0 Å². The van der Waals surface area contributed by atoms with E-state index in [4.69, 9.17) is 0 Å². The number of hydrogen-bond donors (Lipinski definition) is 2. The molecule has 0 aromatic heterocycles. The molecule has 0 fully saturated rings. The lowest BCUT2D eigenvalue weighted by Gasteiger charge is -2.09. The first-order chi connectivity index (χ1) is 15.0. The molecule has 0 bridgehead atoms. The first-order valence-electron chi connectivity index (χ1n) is 9.46. The van der Waals surface area contributed by atoms with Crippen molar-refractivity contribution >= 4 is 39.6 Å². The van der Waals surface area contributed by atoms with Crippen molar-refractivity contribution in [3.05, 3.63) is 112 Å². The molecular weight excluding hydrogens is 394 g/mol. The van der Waals surface area contributed by atoms with Crippen molar-refractivity contribution in [2.75, 3.05) is 10.6 Å². The summed E-state index contributed by atoms with van der Waals surface area (Å²) in [6, 6.07) is 25.3. The summed E-state index contributed by atoms with van der Waals surface area (Å²) >= 11 is 0. The zero-order valence-electron chi connectivity index (χ0n) is 16.2. The normalized spacial score (nSPS) is 10.5. The molecule has 0 aliphatic carbocycles. The fraction of sp³-hybridized carbons (Fsp3) is 0. The number of amides is 2. The van der Waals surface area contributed by atoms with Crippen molar-refractivity contribution < 1.29 is 14.5 Å². The number of anilines is 2. The van der Waals surface area contributed by atoms with Crippen LogP contribution < -0.4 is 10.6 Å². The summed E-state index contributed by atoms with van der Waals surface area (Å²) in [5, 5.41) is 18.2. The van der Waals surface area contributed by atoms with E-state index in [1.165, 1.54) is 18.2 Å². The maximum absolute atomic E-state index is 12.7. The molecule has 0 atom stereocenters. The van der Waals surface area contributed by atoms with Gasteiger partial charge in [0.05, 0.1) is 4.92 Å². The van der Waals surface area contributed by atoms with E-state index in [9.17, 15) is 19.7 Å². The number of nitro groups is 1. The van der Waals surface area contributed by atoms with Gasteiger partial charge in [0.15, 0.2) is 0 Å². The third-order valence-electron chi connectivity index (χ3n) is 4.75. The Kier molecular flexibility index (Phi) is 5.40. The van der Waals surface area contributed by atoms with Crippen molar-refractivity contribution in [2.45, 2.75) is 0 Å². The summed E-state index contributed by atoms with van der Waals surface area (Å²) < 4.78 is 0. The Bertz CT molecular complexity index is 1290. The van der Waals surface area contributed by atoms with E-state index in [-0.39, 0.29) is 11.6 Å². The zero-order valence-corrected chi connectivity index (χ0v) is 16.2. The first kappa shape index (κ1) is 19.8. The van der Waals surface area contributed by atoms with Crippen molar-refractivity contribution in [3.8, 4) is 0 Å². The predicted molar refractivity (Wildman–Crippen MR) is 119 cm³/mol. The lowest BCUT2D eigenvalue weighted by atomic mass is 10.0. The van der Waals surface area contributed by atoms with Crippen LogP contribution in [0.25, 0.3) is 10.8 Å². The maximum Gasteiger partial charge on any atom is 0.271 e. The van der Waals surface area contributed by atoms with Gasteiger partial charge in [0.25, 0.3) is 17.5 Å². The van der Waals surface area contributed by atoms with Crippen molar-refractivity contribution in [3.63, 3.8) is 0 Å². The third kappa shape index (κ3) is 4.40. The third-order valence-corrected chi connectivity index (χ3v) is 4.75. The fourth-order valence-electron chi connectivity index (χ4n) is 3.23. The highest BCUT2D eigenvalue weighted by molar-refractivity contribution is 6.13. The molecule has 0 heterocycles. The van der Waals surface area contributed by atoms with E-state index < -0.39 is 10.8 Å². The number of rotatable bonds is 5. The van der Waals surface area contributed by atoms with Gasteiger partial charge in [-0.25, -0.2) is 0 Å². The highest BCUT2D eigenvalue weighted by Gasteiger charge is 2.12. The number of hydrogen-bond acceptors (Lipinski definition) is 4. The zero-order chi connectivity index (χ0) is 21.8. The predicted octanol–water partition coefficient (Wildman–Crippen LogP) is 5.25. The topological polar surface area (TPSA) is 101 Å². The van der Waals surface area contributed by atoms with E-state index in [1.807, 2.05) is 36.4 Å². The summed E-state index contributed by atoms with van der Waals surface area (Å²) in [5.74, 6) is -0.655. The molecule has 2 N–H and O–H groups in total. The molecule has 0 aliphatic rings. The minimum atomic E-state index is -0.525. The number of carbonyl (C=O) groups excluding carboxylic acids is 2. The molecule has 4 rings (SSSR count). The molecule has 31 heavy (non-hydrogen) atoms. The SMILES string of the molecule is O=C(Nc1cccc([N+](=O)[O-])c1)c1ccc(NC(=O)c2cccc3ccccc23)cc1. The van der Waals surface area contributed by atoms with E-state index in [1.54, 1.807) is 36.4 Å². The van der Waals surface area contributed by atoms with Crippen LogP contribution in [-0.2, 0) is 0 Å². The van der Waals surface area contributed by atoms with Crippen LogP contribution in [0.2, 0.25) is 0 Å². The summed E-state index contributed by atoms with van der Waals surface area (Å²) in [5.41, 5.74) is 1.68. The highest BCUT2D eigenvalue weighted by atomic mass is 16.6. The number of carbonyl (C=O) groups is 2. The number of nitrogens with one attached hydrogen (secondary N) is 2. The molecule has 2 amide bonds. The second-order valence-electron chi connectivity index (χ2n) is 6.82. The summed E-state index contributed by atoms with van der Waals surface area (Å²) in [7, 11) is 0. The summed E-state index contributed by atoms with van der Waals surface area (Å²) in [4.78, 5) is 35.5. The molecule has 0 aliphatic heterocycles. The maximum atomic E-state index is 12.7. The number of nitrogens with zero attached hydrogens (tertiary/aromatic N) is 1. The molecule has 0 unspecified atom stereocenters. The van der Waals surface area contributed by atoms with Gasteiger partial charge in [-0.05, 0) is 47.2 Å². The number of benzene rings is 4. The Morgan fingerprint density at radius 3 is 2.16 bits per heavy atom. The van der Waals surface area contributed by atoms with Crippen LogP contribution in [0.4, 0.5) is 17.1 Å². The number of non-ortho nitro benzene ring substituents is 1. The monoisotopic (exact) mass is 411 g/mol. The molecular formula is C24H17N3O4. The van der Waals surface area contributed by atoms with Gasteiger partial charge in [0.1, 0.15) is 0 Å². The van der Waals surface area contributed by atoms with Gasteiger partial charge in [0, 0.05) is 34.6 Å². The van der Waals surface area contributed by atoms with Crippen LogP contribution in [0, 0.1) is 10.1 Å².